The number of aliphatic hydroxyl groups excluding tert-OH is 1. The fraction of sp³-hybridized carbons (Fsp3) is 0.364. The van der Waals surface area contributed by atoms with Crippen molar-refractivity contribution in [3.05, 3.63) is 23.8 Å². The summed E-state index contributed by atoms with van der Waals surface area (Å²) in [6, 6.07) is 4.48. The van der Waals surface area contributed by atoms with Gasteiger partial charge in [0.05, 0.1) is 13.2 Å². The van der Waals surface area contributed by atoms with Crippen LogP contribution in [-0.2, 0) is 0 Å². The van der Waals surface area contributed by atoms with Crippen molar-refractivity contribution in [1.82, 2.24) is 0 Å². The highest BCUT2D eigenvalue weighted by Gasteiger charge is 2.13. The van der Waals surface area contributed by atoms with Crippen molar-refractivity contribution in [2.75, 3.05) is 13.7 Å². The molecule has 1 rings (SSSR count). The summed E-state index contributed by atoms with van der Waals surface area (Å²) in [6.45, 7) is 1.61. The number of hydrogen-bond acceptors (Lipinski definition) is 4. The summed E-state index contributed by atoms with van der Waals surface area (Å²) in [7, 11) is 1.46. The van der Waals surface area contributed by atoms with Gasteiger partial charge in [0, 0.05) is 0 Å². The van der Waals surface area contributed by atoms with E-state index in [1.165, 1.54) is 19.2 Å². The van der Waals surface area contributed by atoms with Crippen molar-refractivity contribution in [2.45, 2.75) is 13.0 Å². The summed E-state index contributed by atoms with van der Waals surface area (Å²) in [6.07, 6.45) is -0.649. The lowest BCUT2D eigenvalue weighted by molar-refractivity contribution is 0.0685. The molecule has 5 heteroatoms. The first-order valence-electron chi connectivity index (χ1n) is 4.76. The Hall–Kier alpha value is -1.75. The van der Waals surface area contributed by atoms with Crippen LogP contribution in [0.2, 0.25) is 0 Å². The molecular formula is C11H14O5. The van der Waals surface area contributed by atoms with Crippen molar-refractivity contribution >= 4 is 5.97 Å². The minimum Gasteiger partial charge on any atom is -0.497 e. The minimum absolute atomic E-state index is 0.0139. The van der Waals surface area contributed by atoms with Crippen LogP contribution in [0.15, 0.2) is 18.2 Å². The number of ether oxygens (including phenoxy) is 2. The van der Waals surface area contributed by atoms with E-state index in [1.54, 1.807) is 13.0 Å². The molecule has 1 aromatic rings. The molecule has 0 aliphatic carbocycles. The van der Waals surface area contributed by atoms with Gasteiger partial charge in [-0.15, -0.1) is 0 Å². The second-order valence-electron chi connectivity index (χ2n) is 3.33. The summed E-state index contributed by atoms with van der Waals surface area (Å²) in [5.41, 5.74) is 0.0139. The molecule has 0 aliphatic rings. The van der Waals surface area contributed by atoms with Gasteiger partial charge in [0.2, 0.25) is 0 Å². The molecule has 0 aromatic heterocycles. The van der Waals surface area contributed by atoms with Gasteiger partial charge in [0.15, 0.2) is 0 Å². The maximum absolute atomic E-state index is 10.9. The Morgan fingerprint density at radius 2 is 2.19 bits per heavy atom. The Kier molecular flexibility index (Phi) is 4.13. The van der Waals surface area contributed by atoms with E-state index in [4.69, 9.17) is 19.7 Å². The average Bonchev–Trinajstić information content (AvgIpc) is 2.25. The molecule has 0 aliphatic heterocycles. The maximum Gasteiger partial charge on any atom is 0.339 e. The van der Waals surface area contributed by atoms with Gasteiger partial charge >= 0.3 is 5.97 Å². The van der Waals surface area contributed by atoms with E-state index in [0.29, 0.717) is 5.75 Å². The Morgan fingerprint density at radius 1 is 1.50 bits per heavy atom. The van der Waals surface area contributed by atoms with E-state index in [2.05, 4.69) is 0 Å². The average molecular weight is 226 g/mol. The van der Waals surface area contributed by atoms with E-state index in [0.717, 1.165) is 0 Å². The van der Waals surface area contributed by atoms with Crippen LogP contribution >= 0.6 is 0 Å². The molecule has 0 spiro atoms. The third-order valence-corrected chi connectivity index (χ3v) is 1.90. The summed E-state index contributed by atoms with van der Waals surface area (Å²) < 4.78 is 10.1. The second kappa shape index (κ2) is 5.37. The summed E-state index contributed by atoms with van der Waals surface area (Å²) in [5.74, 6) is -0.435. The molecule has 1 aromatic carbocycles. The van der Waals surface area contributed by atoms with E-state index in [9.17, 15) is 4.79 Å². The van der Waals surface area contributed by atoms with Gasteiger partial charge in [-0.3, -0.25) is 0 Å². The lowest BCUT2D eigenvalue weighted by Gasteiger charge is -2.11. The number of aromatic carboxylic acids is 1. The number of carboxylic acids is 1. The fourth-order valence-corrected chi connectivity index (χ4v) is 1.14. The number of carboxylic acid groups (broad SMARTS) is 1. The van der Waals surface area contributed by atoms with Crippen molar-refractivity contribution in [3.8, 4) is 11.5 Å². The molecular weight excluding hydrogens is 212 g/mol. The van der Waals surface area contributed by atoms with E-state index >= 15 is 0 Å². The van der Waals surface area contributed by atoms with Gasteiger partial charge in [0.1, 0.15) is 23.7 Å². The first-order valence-corrected chi connectivity index (χ1v) is 4.76. The monoisotopic (exact) mass is 226 g/mol. The SMILES string of the molecule is COc1ccc(OCC(C)O)c(C(=O)O)c1. The zero-order chi connectivity index (χ0) is 12.1. The van der Waals surface area contributed by atoms with Crippen LogP contribution in [0.25, 0.3) is 0 Å². The zero-order valence-electron chi connectivity index (χ0n) is 9.14. The standard InChI is InChI=1S/C11H14O5/c1-7(12)6-16-10-4-3-8(15-2)5-9(10)11(13)14/h3-5,7,12H,6H2,1-2H3,(H,13,14). The molecule has 0 fully saturated rings. The fourth-order valence-electron chi connectivity index (χ4n) is 1.14. The molecule has 0 saturated carbocycles. The van der Waals surface area contributed by atoms with Crippen LogP contribution in [0.3, 0.4) is 0 Å². The number of methoxy groups -OCH3 is 1. The molecule has 0 bridgehead atoms. The van der Waals surface area contributed by atoms with Gasteiger partial charge in [0.25, 0.3) is 0 Å². The summed E-state index contributed by atoms with van der Waals surface area (Å²) in [4.78, 5) is 10.9. The molecule has 0 radical (unpaired) electrons. The van der Waals surface area contributed by atoms with Gasteiger partial charge in [-0.05, 0) is 25.1 Å². The number of aliphatic hydroxyl groups is 1. The molecule has 88 valence electrons. The molecule has 16 heavy (non-hydrogen) atoms. The Bertz CT molecular complexity index is 373. The van der Waals surface area contributed by atoms with Crippen LogP contribution in [0.1, 0.15) is 17.3 Å². The van der Waals surface area contributed by atoms with Crippen molar-refractivity contribution in [1.29, 1.82) is 0 Å². The normalized spacial score (nSPS) is 11.9. The van der Waals surface area contributed by atoms with Gasteiger partial charge in [-0.1, -0.05) is 0 Å². The zero-order valence-corrected chi connectivity index (χ0v) is 9.14. The Balaban J connectivity index is 2.94. The largest absolute Gasteiger partial charge is 0.497 e. The van der Waals surface area contributed by atoms with Crippen molar-refractivity contribution in [2.24, 2.45) is 0 Å². The third-order valence-electron chi connectivity index (χ3n) is 1.90. The predicted molar refractivity (Wildman–Crippen MR) is 57.1 cm³/mol. The van der Waals surface area contributed by atoms with Crippen LogP contribution < -0.4 is 9.47 Å². The Morgan fingerprint density at radius 3 is 2.69 bits per heavy atom. The molecule has 0 heterocycles. The number of carbonyl (C=O) groups is 1. The maximum atomic E-state index is 10.9. The number of rotatable bonds is 5. The summed E-state index contributed by atoms with van der Waals surface area (Å²) in [5, 5.41) is 18.0. The van der Waals surface area contributed by atoms with Crippen LogP contribution in [0.5, 0.6) is 11.5 Å². The molecule has 1 atom stereocenters. The van der Waals surface area contributed by atoms with E-state index in [1.807, 2.05) is 0 Å². The highest BCUT2D eigenvalue weighted by Crippen LogP contribution is 2.24. The highest BCUT2D eigenvalue weighted by molar-refractivity contribution is 5.91. The van der Waals surface area contributed by atoms with Crippen LogP contribution in [0.4, 0.5) is 0 Å². The Labute approximate surface area is 93.2 Å². The van der Waals surface area contributed by atoms with E-state index < -0.39 is 12.1 Å². The number of hydrogen-bond donors (Lipinski definition) is 2. The first kappa shape index (κ1) is 12.3. The number of benzene rings is 1. The van der Waals surface area contributed by atoms with Crippen molar-refractivity contribution in [3.63, 3.8) is 0 Å². The molecule has 1 unspecified atom stereocenters. The lowest BCUT2D eigenvalue weighted by atomic mass is 10.2. The van der Waals surface area contributed by atoms with Gasteiger partial charge < -0.3 is 19.7 Å². The molecule has 0 saturated heterocycles. The molecule has 2 N–H and O–H groups in total. The topological polar surface area (TPSA) is 76.0 Å². The highest BCUT2D eigenvalue weighted by atomic mass is 16.5. The lowest BCUT2D eigenvalue weighted by Crippen LogP contribution is -2.14. The molecule has 5 nitrogen and oxygen atoms in total. The van der Waals surface area contributed by atoms with Gasteiger partial charge in [-0.2, -0.15) is 0 Å². The third kappa shape index (κ3) is 3.13. The quantitative estimate of drug-likeness (QED) is 0.787. The van der Waals surface area contributed by atoms with Crippen LogP contribution in [0, 0.1) is 0 Å². The van der Waals surface area contributed by atoms with Crippen LogP contribution in [-0.4, -0.2) is 36.0 Å². The van der Waals surface area contributed by atoms with E-state index in [-0.39, 0.29) is 17.9 Å². The summed E-state index contributed by atoms with van der Waals surface area (Å²) >= 11 is 0. The minimum atomic E-state index is -1.10. The smallest absolute Gasteiger partial charge is 0.339 e. The van der Waals surface area contributed by atoms with Crippen molar-refractivity contribution < 1.29 is 24.5 Å². The van der Waals surface area contributed by atoms with Gasteiger partial charge in [-0.25, -0.2) is 4.79 Å². The predicted octanol–water partition coefficient (Wildman–Crippen LogP) is 1.15. The first-order chi connectivity index (χ1) is 7.54. The second-order valence-corrected chi connectivity index (χ2v) is 3.33. The molecule has 0 amide bonds.